The number of benzene rings is 2. The monoisotopic (exact) mass is 315 g/mol. The molecule has 0 fully saturated rings. The third-order valence-corrected chi connectivity index (χ3v) is 3.87. The number of nitrogens with one attached hydrogen (secondary N) is 1. The molecule has 6 heteroatoms. The summed E-state index contributed by atoms with van der Waals surface area (Å²) in [6.45, 7) is 0. The summed E-state index contributed by atoms with van der Waals surface area (Å²) in [6.07, 6.45) is 0.430. The maximum Gasteiger partial charge on any atom is 0.327 e. The molecule has 112 valence electrons. The molecule has 2 aromatic carbocycles. The van der Waals surface area contributed by atoms with Crippen molar-refractivity contribution in [3.05, 3.63) is 59.1 Å². The third-order valence-electron chi connectivity index (χ3n) is 3.62. The normalized spacial score (nSPS) is 16.2. The Bertz CT molecular complexity index is 730. The summed E-state index contributed by atoms with van der Waals surface area (Å²) in [7, 11) is 0. The summed E-state index contributed by atoms with van der Waals surface area (Å²) in [5, 5.41) is 3.34. The van der Waals surface area contributed by atoms with Crippen molar-refractivity contribution in [3.8, 4) is 0 Å². The van der Waals surface area contributed by atoms with Gasteiger partial charge in [-0.2, -0.15) is 0 Å². The van der Waals surface area contributed by atoms with Crippen LogP contribution in [0.4, 0.5) is 16.2 Å². The zero-order valence-electron chi connectivity index (χ0n) is 11.6. The summed E-state index contributed by atoms with van der Waals surface area (Å²) < 4.78 is 0. The highest BCUT2D eigenvalue weighted by Crippen LogP contribution is 2.32. The molecule has 1 unspecified atom stereocenters. The Morgan fingerprint density at radius 1 is 1.14 bits per heavy atom. The molecule has 3 amide bonds. The van der Waals surface area contributed by atoms with Crippen molar-refractivity contribution in [2.24, 2.45) is 5.73 Å². The molecule has 2 aromatic rings. The molecule has 0 bridgehead atoms. The van der Waals surface area contributed by atoms with Crippen LogP contribution in [-0.4, -0.2) is 18.0 Å². The smallest absolute Gasteiger partial charge is 0.327 e. The van der Waals surface area contributed by atoms with Gasteiger partial charge < -0.3 is 11.1 Å². The number of carbonyl (C=O) groups excluding carboxylic acids is 2. The van der Waals surface area contributed by atoms with Crippen LogP contribution in [-0.2, 0) is 11.2 Å². The van der Waals surface area contributed by atoms with Gasteiger partial charge in [0.25, 0.3) is 0 Å². The highest BCUT2D eigenvalue weighted by atomic mass is 35.5. The van der Waals surface area contributed by atoms with Gasteiger partial charge in [-0.15, -0.1) is 0 Å². The van der Waals surface area contributed by atoms with Gasteiger partial charge >= 0.3 is 6.03 Å². The van der Waals surface area contributed by atoms with Crippen molar-refractivity contribution in [3.63, 3.8) is 0 Å². The van der Waals surface area contributed by atoms with Crippen LogP contribution in [0.3, 0.4) is 0 Å². The minimum atomic E-state index is -0.676. The predicted octanol–water partition coefficient (Wildman–Crippen LogP) is 2.79. The molecule has 0 aromatic heterocycles. The van der Waals surface area contributed by atoms with Crippen LogP contribution in [0.1, 0.15) is 5.56 Å². The molecular weight excluding hydrogens is 302 g/mol. The average molecular weight is 316 g/mol. The highest BCUT2D eigenvalue weighted by Gasteiger charge is 2.37. The van der Waals surface area contributed by atoms with Crippen molar-refractivity contribution in [2.45, 2.75) is 12.5 Å². The second-order valence-electron chi connectivity index (χ2n) is 5.06. The highest BCUT2D eigenvalue weighted by molar-refractivity contribution is 6.30. The lowest BCUT2D eigenvalue weighted by molar-refractivity contribution is -0.119. The molecule has 0 saturated carbocycles. The largest absolute Gasteiger partial charge is 0.368 e. The van der Waals surface area contributed by atoms with Gasteiger partial charge in [0.1, 0.15) is 6.04 Å². The van der Waals surface area contributed by atoms with Crippen LogP contribution in [0.25, 0.3) is 0 Å². The van der Waals surface area contributed by atoms with Gasteiger partial charge in [0.2, 0.25) is 5.91 Å². The quantitative estimate of drug-likeness (QED) is 0.894. The Hall–Kier alpha value is -2.53. The molecule has 22 heavy (non-hydrogen) atoms. The first-order valence-electron chi connectivity index (χ1n) is 6.79. The van der Waals surface area contributed by atoms with Crippen molar-refractivity contribution in [2.75, 3.05) is 10.2 Å². The SMILES string of the molecule is NC(=O)C1Cc2ccccc2N1C(=O)Nc1ccc(Cl)cc1. The number of para-hydroxylation sites is 1. The lowest BCUT2D eigenvalue weighted by Gasteiger charge is -2.23. The number of fused-ring (bicyclic) bond motifs is 1. The number of hydrogen-bond donors (Lipinski definition) is 2. The van der Waals surface area contributed by atoms with E-state index < -0.39 is 18.0 Å². The summed E-state index contributed by atoms with van der Waals surface area (Å²) in [5.74, 6) is -0.526. The number of amides is 3. The number of rotatable bonds is 2. The molecule has 0 aliphatic carbocycles. The van der Waals surface area contributed by atoms with Gasteiger partial charge in [0.15, 0.2) is 0 Å². The number of nitrogens with zero attached hydrogens (tertiary/aromatic N) is 1. The Kier molecular flexibility index (Phi) is 3.73. The van der Waals surface area contributed by atoms with Crippen LogP contribution < -0.4 is 16.0 Å². The third kappa shape index (κ3) is 2.63. The molecular formula is C16H14ClN3O2. The maximum absolute atomic E-state index is 12.6. The number of primary amides is 1. The fourth-order valence-corrected chi connectivity index (χ4v) is 2.71. The molecule has 5 nitrogen and oxygen atoms in total. The van der Waals surface area contributed by atoms with E-state index >= 15 is 0 Å². The molecule has 1 heterocycles. The lowest BCUT2D eigenvalue weighted by atomic mass is 10.1. The summed E-state index contributed by atoms with van der Waals surface area (Å²) in [6, 6.07) is 13.1. The van der Waals surface area contributed by atoms with Crippen molar-refractivity contribution in [1.29, 1.82) is 0 Å². The molecule has 1 aliphatic rings. The second kappa shape index (κ2) is 5.69. The Labute approximate surface area is 132 Å². The van der Waals surface area contributed by atoms with Crippen LogP contribution >= 0.6 is 11.6 Å². The van der Waals surface area contributed by atoms with E-state index in [9.17, 15) is 9.59 Å². The Morgan fingerprint density at radius 3 is 2.50 bits per heavy atom. The fraction of sp³-hybridized carbons (Fsp3) is 0.125. The van der Waals surface area contributed by atoms with E-state index in [-0.39, 0.29) is 0 Å². The van der Waals surface area contributed by atoms with Crippen LogP contribution in [0, 0.1) is 0 Å². The average Bonchev–Trinajstić information content (AvgIpc) is 2.89. The number of urea groups is 1. The molecule has 0 saturated heterocycles. The van der Waals surface area contributed by atoms with E-state index in [4.69, 9.17) is 17.3 Å². The minimum absolute atomic E-state index is 0.393. The summed E-state index contributed by atoms with van der Waals surface area (Å²) in [5.41, 5.74) is 7.67. The van der Waals surface area contributed by atoms with Gasteiger partial charge in [-0.1, -0.05) is 29.8 Å². The van der Waals surface area contributed by atoms with Crippen LogP contribution in [0.5, 0.6) is 0 Å². The zero-order valence-corrected chi connectivity index (χ0v) is 12.4. The Balaban J connectivity index is 1.88. The topological polar surface area (TPSA) is 75.4 Å². The molecule has 0 spiro atoms. The number of nitrogens with two attached hydrogens (primary N) is 1. The van der Waals surface area contributed by atoms with Gasteiger partial charge in [0, 0.05) is 22.8 Å². The summed E-state index contributed by atoms with van der Waals surface area (Å²) >= 11 is 5.82. The minimum Gasteiger partial charge on any atom is -0.368 e. The van der Waals surface area contributed by atoms with E-state index in [1.165, 1.54) is 4.90 Å². The van der Waals surface area contributed by atoms with E-state index in [0.717, 1.165) is 5.56 Å². The maximum atomic E-state index is 12.6. The summed E-state index contributed by atoms with van der Waals surface area (Å²) in [4.78, 5) is 25.6. The zero-order chi connectivity index (χ0) is 15.7. The number of anilines is 2. The van der Waals surface area contributed by atoms with Crippen molar-refractivity contribution >= 4 is 34.9 Å². The number of halogens is 1. The number of carbonyl (C=O) groups is 2. The van der Waals surface area contributed by atoms with Crippen LogP contribution in [0.15, 0.2) is 48.5 Å². The van der Waals surface area contributed by atoms with Gasteiger partial charge in [-0.25, -0.2) is 4.79 Å². The van der Waals surface area contributed by atoms with E-state index in [0.29, 0.717) is 22.8 Å². The second-order valence-corrected chi connectivity index (χ2v) is 5.49. The van der Waals surface area contributed by atoms with Crippen molar-refractivity contribution < 1.29 is 9.59 Å². The first-order chi connectivity index (χ1) is 10.6. The van der Waals surface area contributed by atoms with Crippen molar-refractivity contribution in [1.82, 2.24) is 0 Å². The van der Waals surface area contributed by atoms with E-state index in [1.54, 1.807) is 30.3 Å². The molecule has 3 N–H and O–H groups in total. The fourth-order valence-electron chi connectivity index (χ4n) is 2.58. The number of hydrogen-bond acceptors (Lipinski definition) is 2. The molecule has 0 radical (unpaired) electrons. The van der Waals surface area contributed by atoms with Gasteiger partial charge in [-0.05, 0) is 35.9 Å². The molecule has 1 atom stereocenters. The van der Waals surface area contributed by atoms with E-state index in [2.05, 4.69) is 5.32 Å². The predicted molar refractivity (Wildman–Crippen MR) is 86.1 cm³/mol. The van der Waals surface area contributed by atoms with Gasteiger partial charge in [-0.3, -0.25) is 9.69 Å². The molecule has 1 aliphatic heterocycles. The standard InChI is InChI=1S/C16H14ClN3O2/c17-11-5-7-12(8-6-11)19-16(22)20-13-4-2-1-3-10(13)9-14(20)15(18)21/h1-8,14H,9H2,(H2,18,21)(H,19,22). The van der Waals surface area contributed by atoms with Crippen LogP contribution in [0.2, 0.25) is 5.02 Å². The first-order valence-corrected chi connectivity index (χ1v) is 7.17. The molecule has 3 rings (SSSR count). The van der Waals surface area contributed by atoms with Gasteiger partial charge in [0.05, 0.1) is 0 Å². The Morgan fingerprint density at radius 2 is 1.82 bits per heavy atom. The lowest BCUT2D eigenvalue weighted by Crippen LogP contribution is -2.47. The van der Waals surface area contributed by atoms with E-state index in [1.807, 2.05) is 18.2 Å². The first kappa shape index (κ1) is 14.4.